The van der Waals surface area contributed by atoms with Gasteiger partial charge in [0.1, 0.15) is 23.2 Å². The molecule has 1 fully saturated rings. The van der Waals surface area contributed by atoms with Gasteiger partial charge in [-0.3, -0.25) is 4.79 Å². The minimum absolute atomic E-state index is 0.00309. The lowest BCUT2D eigenvalue weighted by Crippen LogP contribution is -2.38. The molecule has 1 N–H and O–H groups in total. The van der Waals surface area contributed by atoms with Gasteiger partial charge < -0.3 is 14.6 Å². The molecule has 2 atom stereocenters. The Hall–Kier alpha value is -2.37. The monoisotopic (exact) mass is 342 g/mol. The van der Waals surface area contributed by atoms with Gasteiger partial charge >= 0.3 is 0 Å². The predicted molar refractivity (Wildman–Crippen MR) is 96.9 cm³/mol. The minimum atomic E-state index is -0.0223. The maximum atomic E-state index is 11.7. The van der Waals surface area contributed by atoms with Gasteiger partial charge in [0.05, 0.1) is 12.0 Å². The Morgan fingerprint density at radius 3 is 2.64 bits per heavy atom. The number of amides is 1. The van der Waals surface area contributed by atoms with Crippen molar-refractivity contribution in [2.75, 3.05) is 18.0 Å². The number of rotatable bonds is 4. The van der Waals surface area contributed by atoms with E-state index in [1.807, 2.05) is 32.9 Å². The summed E-state index contributed by atoms with van der Waals surface area (Å²) < 4.78 is 5.86. The highest BCUT2D eigenvalue weighted by atomic mass is 16.3. The minimum Gasteiger partial charge on any atom is -0.466 e. The molecule has 1 amide bonds. The van der Waals surface area contributed by atoms with Crippen molar-refractivity contribution in [3.8, 4) is 0 Å². The van der Waals surface area contributed by atoms with Gasteiger partial charge in [0, 0.05) is 31.3 Å². The molecule has 1 saturated heterocycles. The molecule has 1 aliphatic heterocycles. The van der Waals surface area contributed by atoms with Crippen LogP contribution < -0.4 is 10.2 Å². The van der Waals surface area contributed by atoms with E-state index in [1.165, 1.54) is 5.56 Å². The molecular weight excluding hydrogens is 316 g/mol. The van der Waals surface area contributed by atoms with Crippen LogP contribution in [0.25, 0.3) is 0 Å². The fraction of sp³-hybridized carbons (Fsp3) is 0.526. The summed E-state index contributed by atoms with van der Waals surface area (Å²) in [5.41, 5.74) is 2.20. The van der Waals surface area contributed by atoms with Crippen LogP contribution in [0.2, 0.25) is 0 Å². The van der Waals surface area contributed by atoms with E-state index in [0.29, 0.717) is 6.54 Å². The number of carbonyl (C=O) groups is 1. The van der Waals surface area contributed by atoms with E-state index in [9.17, 15) is 4.79 Å². The third-order valence-electron chi connectivity index (χ3n) is 4.79. The zero-order chi connectivity index (χ0) is 18.1. The Balaban J connectivity index is 1.95. The number of furan rings is 1. The zero-order valence-electron chi connectivity index (χ0n) is 15.6. The molecule has 2 aromatic heterocycles. The lowest BCUT2D eigenvalue weighted by atomic mass is 10.0. The summed E-state index contributed by atoms with van der Waals surface area (Å²) in [7, 11) is 0. The normalized spacial score (nSPS) is 20.1. The van der Waals surface area contributed by atoms with Gasteiger partial charge in [-0.05, 0) is 39.3 Å². The largest absolute Gasteiger partial charge is 0.466 e. The number of aromatic nitrogens is 2. The second-order valence-electron chi connectivity index (χ2n) is 6.78. The summed E-state index contributed by atoms with van der Waals surface area (Å²) in [6.45, 7) is 11.1. The first-order chi connectivity index (χ1) is 11.9. The third kappa shape index (κ3) is 3.52. The molecule has 3 heterocycles. The second-order valence-corrected chi connectivity index (χ2v) is 6.78. The molecule has 3 rings (SSSR count). The van der Waals surface area contributed by atoms with Crippen LogP contribution in [0.4, 0.5) is 5.82 Å². The number of hydrogen-bond acceptors (Lipinski definition) is 5. The molecular formula is C19H26N4O2. The van der Waals surface area contributed by atoms with E-state index in [-0.39, 0.29) is 17.9 Å². The van der Waals surface area contributed by atoms with Gasteiger partial charge in [0.15, 0.2) is 0 Å². The maximum absolute atomic E-state index is 11.7. The third-order valence-corrected chi connectivity index (χ3v) is 4.79. The molecule has 6 nitrogen and oxygen atoms in total. The van der Waals surface area contributed by atoms with E-state index in [4.69, 9.17) is 9.40 Å². The van der Waals surface area contributed by atoms with Crippen LogP contribution in [0.5, 0.6) is 0 Å². The van der Waals surface area contributed by atoms with E-state index in [1.54, 1.807) is 6.92 Å². The van der Waals surface area contributed by atoms with E-state index in [0.717, 1.165) is 41.8 Å². The van der Waals surface area contributed by atoms with Crippen molar-refractivity contribution >= 4 is 11.7 Å². The topological polar surface area (TPSA) is 71.3 Å². The van der Waals surface area contributed by atoms with E-state index in [2.05, 4.69) is 22.1 Å². The summed E-state index contributed by atoms with van der Waals surface area (Å²) in [6, 6.07) is 3.98. The highest BCUT2D eigenvalue weighted by molar-refractivity contribution is 5.73. The molecule has 0 spiro atoms. The average molecular weight is 342 g/mol. The van der Waals surface area contributed by atoms with Gasteiger partial charge in [-0.2, -0.15) is 0 Å². The quantitative estimate of drug-likeness (QED) is 0.925. The van der Waals surface area contributed by atoms with Crippen molar-refractivity contribution in [2.45, 2.75) is 53.0 Å². The van der Waals surface area contributed by atoms with Crippen LogP contribution in [0, 0.1) is 20.8 Å². The molecule has 25 heavy (non-hydrogen) atoms. The molecule has 1 aliphatic rings. The molecule has 0 radical (unpaired) electrons. The van der Waals surface area contributed by atoms with Gasteiger partial charge in [-0.1, -0.05) is 6.92 Å². The van der Waals surface area contributed by atoms with E-state index >= 15 is 0 Å². The number of anilines is 1. The number of aryl methyl sites for hydroxylation is 3. The average Bonchev–Trinajstić information content (AvgIpc) is 3.12. The van der Waals surface area contributed by atoms with Gasteiger partial charge in [-0.15, -0.1) is 0 Å². The Morgan fingerprint density at radius 1 is 1.28 bits per heavy atom. The summed E-state index contributed by atoms with van der Waals surface area (Å²) in [4.78, 5) is 23.1. The van der Waals surface area contributed by atoms with Crippen molar-refractivity contribution < 1.29 is 9.21 Å². The lowest BCUT2D eigenvalue weighted by molar-refractivity contribution is -0.119. The van der Waals surface area contributed by atoms with Crippen LogP contribution in [-0.4, -0.2) is 35.0 Å². The van der Waals surface area contributed by atoms with Crippen LogP contribution >= 0.6 is 0 Å². The Bertz CT molecular complexity index is 784. The van der Waals surface area contributed by atoms with Crippen LogP contribution in [-0.2, 0) is 11.2 Å². The number of carbonyl (C=O) groups excluding carboxylic acids is 1. The summed E-state index contributed by atoms with van der Waals surface area (Å²) in [5.74, 6) is 3.65. The van der Waals surface area contributed by atoms with Gasteiger partial charge in [0.25, 0.3) is 0 Å². The molecule has 0 aromatic carbocycles. The highest BCUT2D eigenvalue weighted by Crippen LogP contribution is 2.33. The Kier molecular flexibility index (Phi) is 4.79. The number of nitrogens with one attached hydrogen (secondary N) is 1. The summed E-state index contributed by atoms with van der Waals surface area (Å²) >= 11 is 0. The molecule has 6 heteroatoms. The molecule has 0 unspecified atom stereocenters. The first-order valence-electron chi connectivity index (χ1n) is 8.81. The fourth-order valence-corrected chi connectivity index (χ4v) is 3.72. The van der Waals surface area contributed by atoms with Crippen molar-refractivity contribution in [1.82, 2.24) is 15.3 Å². The fourth-order valence-electron chi connectivity index (χ4n) is 3.72. The Morgan fingerprint density at radius 2 is 2.04 bits per heavy atom. The van der Waals surface area contributed by atoms with Crippen LogP contribution in [0.1, 0.15) is 48.4 Å². The number of hydrogen-bond donors (Lipinski definition) is 1. The predicted octanol–water partition coefficient (Wildman–Crippen LogP) is 2.67. The van der Waals surface area contributed by atoms with Crippen LogP contribution in [0.3, 0.4) is 0 Å². The second kappa shape index (κ2) is 6.86. The molecule has 0 saturated carbocycles. The number of nitrogens with zero attached hydrogens (tertiary/aromatic N) is 3. The lowest BCUT2D eigenvalue weighted by Gasteiger charge is -2.22. The van der Waals surface area contributed by atoms with Crippen molar-refractivity contribution in [2.24, 2.45) is 0 Å². The van der Waals surface area contributed by atoms with Crippen molar-refractivity contribution in [3.05, 3.63) is 40.7 Å². The van der Waals surface area contributed by atoms with Crippen LogP contribution in [0.15, 0.2) is 16.5 Å². The maximum Gasteiger partial charge on any atom is 0.217 e. The smallest absolute Gasteiger partial charge is 0.217 e. The highest BCUT2D eigenvalue weighted by Gasteiger charge is 2.37. The zero-order valence-corrected chi connectivity index (χ0v) is 15.6. The SMILES string of the molecule is CCc1c(C)nc(C)nc1N1C[C@@H](NC(C)=O)[C@H](c2ccc(C)o2)C1. The summed E-state index contributed by atoms with van der Waals surface area (Å²) in [6.07, 6.45) is 0.882. The first-order valence-corrected chi connectivity index (χ1v) is 8.81. The molecule has 134 valence electrons. The molecule has 0 bridgehead atoms. The summed E-state index contributed by atoms with van der Waals surface area (Å²) in [5, 5.41) is 3.08. The Labute approximate surface area is 148 Å². The molecule has 2 aromatic rings. The molecule has 0 aliphatic carbocycles. The van der Waals surface area contributed by atoms with Crippen molar-refractivity contribution in [3.63, 3.8) is 0 Å². The first kappa shape index (κ1) is 17.5. The van der Waals surface area contributed by atoms with Crippen molar-refractivity contribution in [1.29, 1.82) is 0 Å². The van der Waals surface area contributed by atoms with Gasteiger partial charge in [0.2, 0.25) is 5.91 Å². The van der Waals surface area contributed by atoms with Gasteiger partial charge in [-0.25, -0.2) is 9.97 Å². The van der Waals surface area contributed by atoms with E-state index < -0.39 is 0 Å². The standard InChI is InChI=1S/C19H26N4O2/c1-6-15-12(3)20-13(4)21-19(15)23-9-16(17(10-23)22-14(5)24)18-8-7-11(2)25-18/h7-8,16-17H,6,9-10H2,1-5H3,(H,22,24)/t16-,17-/m1/s1.